The first-order valence-corrected chi connectivity index (χ1v) is 11.1. The van der Waals surface area contributed by atoms with E-state index in [0.29, 0.717) is 24.6 Å². The number of anilines is 2. The third-order valence-corrected chi connectivity index (χ3v) is 5.56. The van der Waals surface area contributed by atoms with E-state index in [4.69, 9.17) is 9.47 Å². The molecular weight excluding hydrogens is 460 g/mol. The van der Waals surface area contributed by atoms with Gasteiger partial charge in [0.15, 0.2) is 23.1 Å². The quantitative estimate of drug-likeness (QED) is 0.466. The molecular formula is C23H27F2N7O3. The van der Waals surface area contributed by atoms with Crippen molar-refractivity contribution in [1.29, 1.82) is 0 Å². The van der Waals surface area contributed by atoms with E-state index in [0.717, 1.165) is 0 Å². The molecule has 1 aliphatic rings. The maximum atomic E-state index is 14.4. The number of carbonyl (C=O) groups excluding carboxylic acids is 1. The van der Waals surface area contributed by atoms with Gasteiger partial charge in [0.1, 0.15) is 18.1 Å². The zero-order chi connectivity index (χ0) is 25.1. The molecule has 12 heteroatoms. The number of aromatic amines is 1. The Kier molecular flexibility index (Phi) is 7.10. The molecule has 10 nitrogen and oxygen atoms in total. The zero-order valence-electron chi connectivity index (χ0n) is 19.9. The van der Waals surface area contributed by atoms with Gasteiger partial charge in [0.2, 0.25) is 5.95 Å². The Hall–Kier alpha value is -3.80. The minimum Gasteiger partial charge on any atom is -0.494 e. The molecule has 0 radical (unpaired) electrons. The fourth-order valence-corrected chi connectivity index (χ4v) is 3.97. The summed E-state index contributed by atoms with van der Waals surface area (Å²) >= 11 is 0. The summed E-state index contributed by atoms with van der Waals surface area (Å²) in [6.07, 6.45) is 2.72. The Balaban J connectivity index is 1.37. The number of piperazine rings is 1. The first-order chi connectivity index (χ1) is 16.7. The number of hydrogen-bond donors (Lipinski definition) is 3. The number of benzene rings is 1. The van der Waals surface area contributed by atoms with Crippen molar-refractivity contribution >= 4 is 17.7 Å². The highest BCUT2D eigenvalue weighted by Gasteiger charge is 2.26. The number of nitrogens with one attached hydrogen (secondary N) is 3. The van der Waals surface area contributed by atoms with E-state index in [1.807, 2.05) is 13.8 Å². The predicted octanol–water partition coefficient (Wildman–Crippen LogP) is 2.94. The molecule has 2 aromatic heterocycles. The van der Waals surface area contributed by atoms with Gasteiger partial charge in [-0.1, -0.05) is 0 Å². The van der Waals surface area contributed by atoms with E-state index in [1.54, 1.807) is 11.0 Å². The number of H-pyrrole nitrogens is 1. The Labute approximate surface area is 201 Å². The largest absolute Gasteiger partial charge is 0.494 e. The molecule has 0 bridgehead atoms. The minimum absolute atomic E-state index is 0.0591. The molecule has 1 amide bonds. The number of hydrogen-bond acceptors (Lipinski definition) is 8. The number of methoxy groups -OCH3 is 1. The molecule has 1 aromatic carbocycles. The van der Waals surface area contributed by atoms with Crippen molar-refractivity contribution in [1.82, 2.24) is 30.4 Å². The summed E-state index contributed by atoms with van der Waals surface area (Å²) in [5, 5.41) is 13.1. The number of amides is 1. The van der Waals surface area contributed by atoms with Gasteiger partial charge in [-0.15, -0.1) is 0 Å². The van der Waals surface area contributed by atoms with E-state index < -0.39 is 11.6 Å². The van der Waals surface area contributed by atoms with Crippen molar-refractivity contribution in [2.45, 2.75) is 39.5 Å². The monoisotopic (exact) mass is 487 g/mol. The smallest absolute Gasteiger partial charge is 0.272 e. The van der Waals surface area contributed by atoms with Crippen LogP contribution < -0.4 is 20.1 Å². The molecule has 0 saturated carbocycles. The van der Waals surface area contributed by atoms with Crippen LogP contribution in [0, 0.1) is 18.6 Å². The van der Waals surface area contributed by atoms with Crippen LogP contribution >= 0.6 is 0 Å². The molecule has 0 aliphatic carbocycles. The first-order valence-electron chi connectivity index (χ1n) is 11.1. The van der Waals surface area contributed by atoms with Crippen LogP contribution in [0.15, 0.2) is 24.5 Å². The Morgan fingerprint density at radius 1 is 1.17 bits per heavy atom. The van der Waals surface area contributed by atoms with Crippen molar-refractivity contribution < 1.29 is 23.0 Å². The summed E-state index contributed by atoms with van der Waals surface area (Å²) in [5.74, 6) is -0.913. The van der Waals surface area contributed by atoms with Gasteiger partial charge in [0.25, 0.3) is 5.91 Å². The van der Waals surface area contributed by atoms with Gasteiger partial charge in [-0.25, -0.2) is 18.7 Å². The Morgan fingerprint density at radius 3 is 2.51 bits per heavy atom. The van der Waals surface area contributed by atoms with Crippen LogP contribution in [0.2, 0.25) is 0 Å². The number of halogens is 2. The topological polar surface area (TPSA) is 117 Å². The molecule has 1 saturated heterocycles. The fraction of sp³-hybridized carbons (Fsp3) is 0.391. The predicted molar refractivity (Wildman–Crippen MR) is 124 cm³/mol. The van der Waals surface area contributed by atoms with Crippen molar-refractivity contribution in [3.63, 3.8) is 0 Å². The van der Waals surface area contributed by atoms with Gasteiger partial charge < -0.3 is 25.0 Å². The Bertz CT molecular complexity index is 1190. The van der Waals surface area contributed by atoms with Crippen LogP contribution in [0.25, 0.3) is 0 Å². The average Bonchev–Trinajstić information content (AvgIpc) is 3.29. The number of rotatable bonds is 7. The highest BCUT2D eigenvalue weighted by Crippen LogP contribution is 2.27. The molecule has 2 atom stereocenters. The summed E-state index contributed by atoms with van der Waals surface area (Å²) in [5.41, 5.74) is 0.355. The summed E-state index contributed by atoms with van der Waals surface area (Å²) in [7, 11) is 1.31. The fourth-order valence-electron chi connectivity index (χ4n) is 3.97. The molecule has 1 aliphatic heterocycles. The van der Waals surface area contributed by atoms with Crippen molar-refractivity contribution in [3.05, 3.63) is 53.0 Å². The van der Waals surface area contributed by atoms with E-state index in [-0.39, 0.29) is 53.2 Å². The van der Waals surface area contributed by atoms with Crippen LogP contribution in [0.5, 0.6) is 11.5 Å². The minimum atomic E-state index is -0.816. The van der Waals surface area contributed by atoms with Gasteiger partial charge in [0, 0.05) is 31.2 Å². The number of aromatic nitrogens is 4. The van der Waals surface area contributed by atoms with Crippen molar-refractivity contribution in [2.75, 3.05) is 25.5 Å². The molecule has 35 heavy (non-hydrogen) atoms. The number of carbonyl (C=O) groups is 1. The van der Waals surface area contributed by atoms with Crippen LogP contribution in [-0.2, 0) is 6.61 Å². The van der Waals surface area contributed by atoms with E-state index in [1.165, 1.54) is 32.5 Å². The lowest BCUT2D eigenvalue weighted by Crippen LogP contribution is -2.55. The van der Waals surface area contributed by atoms with Crippen LogP contribution in [0.3, 0.4) is 0 Å². The maximum Gasteiger partial charge on any atom is 0.272 e. The number of nitrogens with zero attached hydrogens (tertiary/aromatic N) is 4. The highest BCUT2D eigenvalue weighted by atomic mass is 19.1. The normalized spacial score (nSPS) is 17.8. The van der Waals surface area contributed by atoms with Gasteiger partial charge in [0.05, 0.1) is 25.1 Å². The molecule has 0 unspecified atom stereocenters. The summed E-state index contributed by atoms with van der Waals surface area (Å²) < 4.78 is 39.2. The number of aryl methyl sites for hydroxylation is 1. The van der Waals surface area contributed by atoms with Gasteiger partial charge in [-0.2, -0.15) is 5.10 Å². The summed E-state index contributed by atoms with van der Waals surface area (Å²) in [4.78, 5) is 22.8. The SMILES string of the molecule is COc1cc(C)c(F)c(COc2cnc(Nc3cc(C(=O)N4C[C@@H](C)N[C@@H](C)C4)[nH]n3)nc2)c1F. The van der Waals surface area contributed by atoms with Crippen LogP contribution in [-0.4, -0.2) is 63.3 Å². The second kappa shape index (κ2) is 10.2. The third kappa shape index (κ3) is 5.48. The van der Waals surface area contributed by atoms with Gasteiger partial charge >= 0.3 is 0 Å². The van der Waals surface area contributed by atoms with E-state index >= 15 is 0 Å². The highest BCUT2D eigenvalue weighted by molar-refractivity contribution is 5.93. The second-order valence-corrected chi connectivity index (χ2v) is 8.50. The molecule has 0 spiro atoms. The summed E-state index contributed by atoms with van der Waals surface area (Å²) in [6.45, 7) is 6.44. The maximum absolute atomic E-state index is 14.4. The van der Waals surface area contributed by atoms with Crippen molar-refractivity contribution in [2.24, 2.45) is 0 Å². The lowest BCUT2D eigenvalue weighted by atomic mass is 10.1. The Morgan fingerprint density at radius 2 is 1.86 bits per heavy atom. The average molecular weight is 488 g/mol. The lowest BCUT2D eigenvalue weighted by Gasteiger charge is -2.35. The lowest BCUT2D eigenvalue weighted by molar-refractivity contribution is 0.0668. The zero-order valence-corrected chi connectivity index (χ0v) is 19.9. The molecule has 3 N–H and O–H groups in total. The number of ether oxygens (including phenoxy) is 2. The second-order valence-electron chi connectivity index (χ2n) is 8.50. The van der Waals surface area contributed by atoms with Crippen LogP contribution in [0.4, 0.5) is 20.5 Å². The molecule has 186 valence electrons. The van der Waals surface area contributed by atoms with Crippen molar-refractivity contribution in [3.8, 4) is 11.5 Å². The molecule has 3 heterocycles. The third-order valence-electron chi connectivity index (χ3n) is 5.56. The van der Waals surface area contributed by atoms with Gasteiger partial charge in [-0.05, 0) is 32.4 Å². The van der Waals surface area contributed by atoms with Crippen LogP contribution in [0.1, 0.15) is 35.5 Å². The molecule has 1 fully saturated rings. The van der Waals surface area contributed by atoms with E-state index in [2.05, 4.69) is 30.8 Å². The standard InChI is InChI=1S/C23H27F2N7O3/c1-12-5-18(34-4)21(25)16(20(12)24)11-35-15-7-26-23(27-8-15)29-19-6-17(30-31-19)22(33)32-9-13(2)28-14(3)10-32/h5-8,13-14,28H,9-11H2,1-4H3,(H2,26,27,29,30,31)/t13-,14+. The first kappa shape index (κ1) is 24.3. The van der Waals surface area contributed by atoms with E-state index in [9.17, 15) is 13.6 Å². The molecule has 4 rings (SSSR count). The molecule has 3 aromatic rings. The summed E-state index contributed by atoms with van der Waals surface area (Å²) in [6, 6.07) is 3.29. The van der Waals surface area contributed by atoms with Gasteiger partial charge in [-0.3, -0.25) is 9.89 Å².